The molecule has 0 bridgehead atoms. The highest BCUT2D eigenvalue weighted by Gasteiger charge is 2.20. The van der Waals surface area contributed by atoms with Crippen LogP contribution >= 0.6 is 0 Å². The molecule has 0 heterocycles. The number of ether oxygens (including phenoxy) is 2. The van der Waals surface area contributed by atoms with E-state index < -0.39 is 44.3 Å². The van der Waals surface area contributed by atoms with Crippen LogP contribution in [0, 0.1) is 20.2 Å². The summed E-state index contributed by atoms with van der Waals surface area (Å²) in [6, 6.07) is 4.66. The van der Waals surface area contributed by atoms with Gasteiger partial charge in [-0.15, -0.1) is 0 Å². The average Bonchev–Trinajstić information content (AvgIpc) is 2.77. The van der Waals surface area contributed by atoms with E-state index in [1.54, 1.807) is 0 Å². The van der Waals surface area contributed by atoms with E-state index in [-0.39, 0.29) is 22.6 Å². The second-order valence-corrected chi connectivity index (χ2v) is 6.33. The molecule has 0 unspecified atom stereocenters. The summed E-state index contributed by atoms with van der Waals surface area (Å²) in [5.41, 5.74) is -0.810. The summed E-state index contributed by atoms with van der Waals surface area (Å²) in [6.07, 6.45) is 5.43. The lowest BCUT2D eigenvalue weighted by Crippen LogP contribution is -1.94. The second-order valence-electron chi connectivity index (χ2n) is 6.33. The number of phenols is 2. The third-order valence-electron chi connectivity index (χ3n) is 4.16. The number of aliphatic hydroxyl groups is 1. The summed E-state index contributed by atoms with van der Waals surface area (Å²) in [6.45, 7) is 0. The molecule has 172 valence electrons. The van der Waals surface area contributed by atoms with Crippen molar-refractivity contribution >= 4 is 29.3 Å². The van der Waals surface area contributed by atoms with Gasteiger partial charge in [-0.05, 0) is 35.4 Å². The minimum Gasteiger partial charge on any atom is -0.508 e. The van der Waals surface area contributed by atoms with Crippen LogP contribution in [-0.4, -0.2) is 45.2 Å². The van der Waals surface area contributed by atoms with Crippen molar-refractivity contribution < 1.29 is 39.4 Å². The molecule has 0 saturated carbocycles. The molecule has 2 aromatic rings. The molecule has 2 rings (SSSR count). The monoisotopic (exact) mass is 458 g/mol. The molecule has 0 fully saturated rings. The summed E-state index contributed by atoms with van der Waals surface area (Å²) >= 11 is 0. The molecule has 12 heteroatoms. The zero-order chi connectivity index (χ0) is 24.7. The molecule has 0 amide bonds. The van der Waals surface area contributed by atoms with Crippen LogP contribution in [0.15, 0.2) is 48.3 Å². The minimum absolute atomic E-state index is 0.148. The molecule has 0 aliphatic carbocycles. The lowest BCUT2D eigenvalue weighted by atomic mass is 10.1. The number of carbonyl (C=O) groups excluding carboxylic acids is 1. The van der Waals surface area contributed by atoms with Crippen molar-refractivity contribution in [2.75, 3.05) is 14.2 Å². The van der Waals surface area contributed by atoms with Crippen LogP contribution in [-0.2, 0) is 4.79 Å². The van der Waals surface area contributed by atoms with Crippen LogP contribution in [0.2, 0.25) is 0 Å². The van der Waals surface area contributed by atoms with Gasteiger partial charge in [-0.25, -0.2) is 0 Å². The number of ketones is 1. The van der Waals surface area contributed by atoms with Crippen molar-refractivity contribution in [3.63, 3.8) is 0 Å². The van der Waals surface area contributed by atoms with Gasteiger partial charge in [-0.3, -0.25) is 25.0 Å². The van der Waals surface area contributed by atoms with Gasteiger partial charge in [0.05, 0.1) is 24.1 Å². The highest BCUT2D eigenvalue weighted by molar-refractivity contribution is 6.02. The van der Waals surface area contributed by atoms with Crippen LogP contribution < -0.4 is 9.47 Å². The third kappa shape index (κ3) is 6.07. The van der Waals surface area contributed by atoms with Crippen molar-refractivity contribution in [1.29, 1.82) is 0 Å². The number of carbonyl (C=O) groups is 1. The smallest absolute Gasteiger partial charge is 0.315 e. The first-order valence-electron chi connectivity index (χ1n) is 8.99. The third-order valence-corrected chi connectivity index (χ3v) is 4.16. The molecule has 33 heavy (non-hydrogen) atoms. The number of methoxy groups -OCH3 is 2. The summed E-state index contributed by atoms with van der Waals surface area (Å²) in [5.74, 6) is -2.78. The van der Waals surface area contributed by atoms with Gasteiger partial charge in [0.15, 0.2) is 17.3 Å². The van der Waals surface area contributed by atoms with E-state index in [1.165, 1.54) is 38.5 Å². The Bertz CT molecular complexity index is 1200. The molecule has 3 N–H and O–H groups in total. The highest BCUT2D eigenvalue weighted by Crippen LogP contribution is 2.38. The van der Waals surface area contributed by atoms with E-state index in [4.69, 9.17) is 9.47 Å². The van der Waals surface area contributed by atoms with Crippen molar-refractivity contribution in [3.05, 3.63) is 79.6 Å². The van der Waals surface area contributed by atoms with E-state index in [1.807, 2.05) is 0 Å². The fourth-order valence-corrected chi connectivity index (χ4v) is 2.61. The van der Waals surface area contributed by atoms with Crippen LogP contribution in [0.25, 0.3) is 12.2 Å². The summed E-state index contributed by atoms with van der Waals surface area (Å²) < 4.78 is 9.74. The van der Waals surface area contributed by atoms with Gasteiger partial charge in [0.1, 0.15) is 5.76 Å². The zero-order valence-electron chi connectivity index (χ0n) is 17.3. The number of aromatic hydroxyl groups is 2. The summed E-state index contributed by atoms with van der Waals surface area (Å²) in [4.78, 5) is 32.5. The number of hydrogen-bond donors (Lipinski definition) is 3. The quantitative estimate of drug-likeness (QED) is 0.165. The summed E-state index contributed by atoms with van der Waals surface area (Å²) in [7, 11) is 2.43. The Morgan fingerprint density at radius 1 is 0.848 bits per heavy atom. The number of hydrogen-bond acceptors (Lipinski definition) is 10. The van der Waals surface area contributed by atoms with Crippen molar-refractivity contribution in [2.24, 2.45) is 0 Å². The Morgan fingerprint density at radius 3 is 1.67 bits per heavy atom. The molecule has 0 atom stereocenters. The van der Waals surface area contributed by atoms with Gasteiger partial charge in [-0.2, -0.15) is 0 Å². The molecule has 0 spiro atoms. The van der Waals surface area contributed by atoms with Crippen LogP contribution in [0.4, 0.5) is 11.4 Å². The van der Waals surface area contributed by atoms with Crippen molar-refractivity contribution in [2.45, 2.75) is 0 Å². The standard InChI is InChI=1S/C21H18N2O10/c1-32-18-9-12(7-16(20(18)26)22(28)29)3-5-14(24)11-15(25)6-4-13-8-17(23(30)31)21(27)19(10-13)33-2/h3-11,24,26-27H,1-2H3/b5-3+,6-4+,14-11?. The number of benzene rings is 2. The Hall–Kier alpha value is -4.87. The lowest BCUT2D eigenvalue weighted by molar-refractivity contribution is -0.386. The number of rotatable bonds is 9. The van der Waals surface area contributed by atoms with E-state index >= 15 is 0 Å². The van der Waals surface area contributed by atoms with Crippen molar-refractivity contribution in [3.8, 4) is 23.0 Å². The number of aliphatic hydroxyl groups excluding tert-OH is 1. The SMILES string of the molecule is COc1cc(/C=C/C(=O)C=C(O)/C=C/c2cc(OC)c(O)c([N+](=O)[O-])c2)cc([N+](=O)[O-])c1O. The predicted octanol–water partition coefficient (Wildman–Crippen LogP) is 3.67. The molecule has 0 aromatic heterocycles. The summed E-state index contributed by atoms with van der Waals surface area (Å²) in [5, 5.41) is 51.5. The van der Waals surface area contributed by atoms with Crippen molar-refractivity contribution in [1.82, 2.24) is 0 Å². The predicted molar refractivity (Wildman–Crippen MR) is 116 cm³/mol. The Balaban J connectivity index is 2.23. The first kappa shape index (κ1) is 24.4. The topological polar surface area (TPSA) is 183 Å². The average molecular weight is 458 g/mol. The van der Waals surface area contributed by atoms with E-state index in [9.17, 15) is 40.3 Å². The highest BCUT2D eigenvalue weighted by atomic mass is 16.6. The number of allylic oxidation sites excluding steroid dienone is 3. The molecular formula is C21H18N2O10. The molecule has 2 aromatic carbocycles. The Kier molecular flexibility index (Phi) is 7.72. The maximum absolute atomic E-state index is 12.1. The normalized spacial score (nSPS) is 11.6. The molecular weight excluding hydrogens is 440 g/mol. The zero-order valence-corrected chi connectivity index (χ0v) is 17.3. The number of nitro groups is 2. The van der Waals surface area contributed by atoms with Crippen LogP contribution in [0.1, 0.15) is 11.1 Å². The number of nitro benzene ring substituents is 2. The van der Waals surface area contributed by atoms with Gasteiger partial charge >= 0.3 is 11.4 Å². The fourth-order valence-electron chi connectivity index (χ4n) is 2.61. The van der Waals surface area contributed by atoms with Gasteiger partial charge in [0.2, 0.25) is 11.5 Å². The van der Waals surface area contributed by atoms with E-state index in [0.29, 0.717) is 0 Å². The van der Waals surface area contributed by atoms with Gasteiger partial charge in [0, 0.05) is 18.2 Å². The molecule has 0 aliphatic rings. The Labute approximate surface area is 186 Å². The van der Waals surface area contributed by atoms with Gasteiger partial charge in [0.25, 0.3) is 0 Å². The Morgan fingerprint density at radius 2 is 1.27 bits per heavy atom. The molecule has 0 saturated heterocycles. The molecule has 12 nitrogen and oxygen atoms in total. The number of nitrogens with zero attached hydrogens (tertiary/aromatic N) is 2. The molecule has 0 radical (unpaired) electrons. The second kappa shape index (κ2) is 10.4. The first-order valence-corrected chi connectivity index (χ1v) is 8.99. The molecule has 0 aliphatic heterocycles. The van der Waals surface area contributed by atoms with Crippen LogP contribution in [0.3, 0.4) is 0 Å². The van der Waals surface area contributed by atoms with Gasteiger partial charge < -0.3 is 24.8 Å². The van der Waals surface area contributed by atoms with E-state index in [0.717, 1.165) is 30.4 Å². The first-order chi connectivity index (χ1) is 15.6. The lowest BCUT2D eigenvalue weighted by Gasteiger charge is -2.05. The number of phenolic OH excluding ortho intramolecular Hbond substituents is 2. The van der Waals surface area contributed by atoms with Gasteiger partial charge in [-0.1, -0.05) is 12.2 Å². The minimum atomic E-state index is -0.809. The maximum Gasteiger partial charge on any atom is 0.315 e. The van der Waals surface area contributed by atoms with Crippen LogP contribution in [0.5, 0.6) is 23.0 Å². The fraction of sp³-hybridized carbons (Fsp3) is 0.0952. The van der Waals surface area contributed by atoms with E-state index in [2.05, 4.69) is 0 Å². The largest absolute Gasteiger partial charge is 0.508 e. The maximum atomic E-state index is 12.1.